The molecule has 4 nitrogen and oxygen atoms in total. The number of nitrogens with one attached hydrogen (secondary N) is 1. The molecule has 5 aliphatic heterocycles. The number of hydrogen-bond donors (Lipinski definition) is 1. The van der Waals surface area contributed by atoms with Crippen molar-refractivity contribution in [2.45, 2.75) is 121 Å². The molecule has 1 N–H and O–H groups in total. The maximum Gasteiger partial charge on any atom is 0.0871 e. The highest BCUT2D eigenvalue weighted by Crippen LogP contribution is 2.49. The number of nitrogens with zero attached hydrogens (tertiary/aromatic N) is 3. The molecule has 0 saturated heterocycles. The maximum atomic E-state index is 5.81. The minimum Gasteiger partial charge on any atom is -0.356 e. The van der Waals surface area contributed by atoms with Gasteiger partial charge >= 0.3 is 0 Å². The van der Waals surface area contributed by atoms with Gasteiger partial charge in [-0.3, -0.25) is 0 Å². The summed E-state index contributed by atoms with van der Waals surface area (Å²) in [7, 11) is 0. The smallest absolute Gasteiger partial charge is 0.0871 e. The first-order valence-electron chi connectivity index (χ1n) is 20.8. The van der Waals surface area contributed by atoms with Crippen LogP contribution in [0, 0.1) is 19.8 Å². The molecule has 0 fully saturated rings. The summed E-state index contributed by atoms with van der Waals surface area (Å²) in [6, 6.07) is 18.1. The SMILES string of the molecule is CCC1=C(CC)C2=C(c3ccc(C)cc3)C3=NC(=C4NC(=C(CC)C4CC)C(c4ccc(C)cc4)=C4N=C(C=CC1=N2)C(CC)=C4CC)C(CC)=C3CC. The molecule has 1 unspecified atom stereocenters. The Balaban J connectivity index is 1.66. The number of rotatable bonds is 10. The molecule has 0 radical (unpaired) electrons. The van der Waals surface area contributed by atoms with Crippen molar-refractivity contribution < 1.29 is 0 Å². The van der Waals surface area contributed by atoms with Crippen molar-refractivity contribution in [2.24, 2.45) is 20.9 Å². The molecule has 0 amide bonds. The van der Waals surface area contributed by atoms with Gasteiger partial charge in [-0.05, 0) is 128 Å². The molecule has 0 spiro atoms. The third-order valence-corrected chi connectivity index (χ3v) is 12.1. The zero-order valence-corrected chi connectivity index (χ0v) is 34.3. The molecular weight excluding hydrogens is 657 g/mol. The fraction of sp³-hybridized carbons (Fsp3) is 0.380. The van der Waals surface area contributed by atoms with E-state index in [1.807, 2.05) is 0 Å². The summed E-state index contributed by atoms with van der Waals surface area (Å²) >= 11 is 0. The third-order valence-electron chi connectivity index (χ3n) is 12.1. The van der Waals surface area contributed by atoms with Crippen LogP contribution in [-0.4, -0.2) is 17.1 Å². The number of aryl methyl sites for hydroxylation is 2. The van der Waals surface area contributed by atoms with Crippen LogP contribution in [0.1, 0.15) is 129 Å². The summed E-state index contributed by atoms with van der Waals surface area (Å²) in [5.41, 5.74) is 25.7. The van der Waals surface area contributed by atoms with E-state index >= 15 is 0 Å². The number of benzene rings is 2. The van der Waals surface area contributed by atoms with E-state index in [0.29, 0.717) is 0 Å². The van der Waals surface area contributed by atoms with Crippen LogP contribution < -0.4 is 5.32 Å². The molecule has 5 heterocycles. The van der Waals surface area contributed by atoms with Gasteiger partial charge in [-0.1, -0.05) is 115 Å². The van der Waals surface area contributed by atoms with Gasteiger partial charge in [0, 0.05) is 28.5 Å². The van der Waals surface area contributed by atoms with Crippen molar-refractivity contribution in [1.82, 2.24) is 5.32 Å². The molecule has 1 atom stereocenters. The van der Waals surface area contributed by atoms with Gasteiger partial charge in [-0.2, -0.15) is 0 Å². The Morgan fingerprint density at radius 1 is 0.481 bits per heavy atom. The van der Waals surface area contributed by atoms with Crippen LogP contribution in [0.4, 0.5) is 0 Å². The highest BCUT2D eigenvalue weighted by molar-refractivity contribution is 6.35. The summed E-state index contributed by atoms with van der Waals surface area (Å²) < 4.78 is 0. The average Bonchev–Trinajstić information content (AvgIpc) is 3.94. The molecular formula is C50H58N4. The van der Waals surface area contributed by atoms with E-state index in [1.54, 1.807) is 0 Å². The predicted octanol–water partition coefficient (Wildman–Crippen LogP) is 13.2. The van der Waals surface area contributed by atoms with Gasteiger partial charge < -0.3 is 5.32 Å². The summed E-state index contributed by atoms with van der Waals surface area (Å²) in [5.74, 6) is 0.230. The molecule has 2 aromatic rings. The van der Waals surface area contributed by atoms with Gasteiger partial charge in [0.25, 0.3) is 0 Å². The van der Waals surface area contributed by atoms with E-state index in [2.05, 4.69) is 135 Å². The fourth-order valence-electron chi connectivity index (χ4n) is 9.42. The fourth-order valence-corrected chi connectivity index (χ4v) is 9.42. The van der Waals surface area contributed by atoms with Crippen LogP contribution >= 0.6 is 0 Å². The van der Waals surface area contributed by atoms with Gasteiger partial charge in [0.1, 0.15) is 0 Å². The standard InChI is InChI=1S/C50H58N4/c1-11-33-35(13-3)45-43(31-23-19-29(9)20-24-31)47-37(15-5)39(17-7)49(53-47)50-40(18-8)38(16-6)48(54-50)44(32-25-21-30(10)22-26-32)46-36(14-4)34(12-2)42(52-46)28-27-41(33)51-45/h19-28,39,53H,11-18H2,1-10H3. The van der Waals surface area contributed by atoms with Crippen molar-refractivity contribution in [2.75, 3.05) is 0 Å². The van der Waals surface area contributed by atoms with Crippen LogP contribution in [-0.2, 0) is 0 Å². The van der Waals surface area contributed by atoms with E-state index in [1.165, 1.54) is 78.2 Å². The maximum absolute atomic E-state index is 5.81. The Hall–Kier alpha value is -4.83. The molecule has 5 aliphatic rings. The van der Waals surface area contributed by atoms with Crippen LogP contribution in [0.2, 0.25) is 0 Å². The Morgan fingerprint density at radius 2 is 0.926 bits per heavy atom. The summed E-state index contributed by atoms with van der Waals surface area (Å²) in [6.45, 7) is 22.7. The molecule has 4 heteroatoms. The van der Waals surface area contributed by atoms with Gasteiger partial charge in [0.15, 0.2) is 0 Å². The molecule has 7 rings (SSSR count). The molecule has 54 heavy (non-hydrogen) atoms. The van der Waals surface area contributed by atoms with Crippen molar-refractivity contribution in [1.29, 1.82) is 0 Å². The molecule has 0 saturated carbocycles. The second-order valence-corrected chi connectivity index (χ2v) is 15.1. The van der Waals surface area contributed by atoms with Crippen LogP contribution in [0.3, 0.4) is 0 Å². The first-order chi connectivity index (χ1) is 26.3. The summed E-state index contributed by atoms with van der Waals surface area (Å²) in [4.78, 5) is 17.0. The molecule has 8 bridgehead atoms. The highest BCUT2D eigenvalue weighted by atomic mass is 15.0. The lowest BCUT2D eigenvalue weighted by molar-refractivity contribution is 0.661. The normalized spacial score (nSPS) is 20.0. The molecule has 2 aromatic carbocycles. The zero-order valence-electron chi connectivity index (χ0n) is 34.3. The zero-order chi connectivity index (χ0) is 38.3. The van der Waals surface area contributed by atoms with Gasteiger partial charge in [0.05, 0.1) is 34.2 Å². The highest BCUT2D eigenvalue weighted by Gasteiger charge is 2.39. The monoisotopic (exact) mass is 714 g/mol. The summed E-state index contributed by atoms with van der Waals surface area (Å²) in [5, 5.41) is 4.16. The van der Waals surface area contributed by atoms with E-state index in [0.717, 1.165) is 91.2 Å². The van der Waals surface area contributed by atoms with Crippen molar-refractivity contribution in [3.05, 3.63) is 150 Å². The number of allylic oxidation sites excluding steroid dienone is 11. The number of hydrogen-bond acceptors (Lipinski definition) is 4. The quantitative estimate of drug-likeness (QED) is 0.262. The minimum atomic E-state index is 0.230. The van der Waals surface area contributed by atoms with E-state index in [-0.39, 0.29) is 5.92 Å². The molecule has 0 aromatic heterocycles. The van der Waals surface area contributed by atoms with E-state index in [9.17, 15) is 0 Å². The van der Waals surface area contributed by atoms with Gasteiger partial charge in [-0.15, -0.1) is 0 Å². The third kappa shape index (κ3) is 6.12. The Labute approximate surface area is 324 Å². The summed E-state index contributed by atoms with van der Waals surface area (Å²) in [6.07, 6.45) is 11.9. The number of aliphatic imine (C=N–C) groups is 3. The first kappa shape index (κ1) is 37.5. The second-order valence-electron chi connectivity index (χ2n) is 15.1. The van der Waals surface area contributed by atoms with E-state index < -0.39 is 0 Å². The van der Waals surface area contributed by atoms with Gasteiger partial charge in [0.2, 0.25) is 0 Å². The lowest BCUT2D eigenvalue weighted by Gasteiger charge is -2.18. The Bertz CT molecular complexity index is 2250. The second kappa shape index (κ2) is 15.5. The van der Waals surface area contributed by atoms with Gasteiger partial charge in [-0.25, -0.2) is 15.0 Å². The largest absolute Gasteiger partial charge is 0.356 e. The van der Waals surface area contributed by atoms with Crippen molar-refractivity contribution in [3.63, 3.8) is 0 Å². The number of fused-ring (bicyclic) bond motifs is 5. The predicted molar refractivity (Wildman–Crippen MR) is 232 cm³/mol. The van der Waals surface area contributed by atoms with Crippen LogP contribution in [0.25, 0.3) is 11.1 Å². The van der Waals surface area contributed by atoms with Crippen LogP contribution in [0.5, 0.6) is 0 Å². The lowest BCUT2D eigenvalue weighted by Crippen LogP contribution is -2.15. The Kier molecular flexibility index (Phi) is 10.8. The molecule has 278 valence electrons. The lowest BCUT2D eigenvalue weighted by atomic mass is 9.86. The van der Waals surface area contributed by atoms with E-state index in [4.69, 9.17) is 15.0 Å². The first-order valence-corrected chi connectivity index (χ1v) is 20.8. The van der Waals surface area contributed by atoms with Crippen molar-refractivity contribution >= 4 is 28.3 Å². The Morgan fingerprint density at radius 3 is 1.37 bits per heavy atom. The topological polar surface area (TPSA) is 49.1 Å². The van der Waals surface area contributed by atoms with Crippen molar-refractivity contribution in [3.8, 4) is 0 Å². The minimum absolute atomic E-state index is 0.230. The average molecular weight is 715 g/mol. The molecule has 0 aliphatic carbocycles. The van der Waals surface area contributed by atoms with Crippen LogP contribution in [0.15, 0.2) is 143 Å².